The maximum atomic E-state index is 12.5. The Balaban J connectivity index is 2.17. The van der Waals surface area contributed by atoms with Crippen LogP contribution in [-0.4, -0.2) is 101 Å². The molecule has 1 aliphatic heterocycles. The Bertz CT molecular complexity index is 846. The molecule has 202 valence electrons. The van der Waals surface area contributed by atoms with E-state index in [1.165, 1.54) is 0 Å². The standard InChI is InChI=1S/C27H43N3O6/c1-20(21-8-10-22(11-9-21)25(33)34)30-16-14-28(18-23(31)35-26(2,3)4)12-13-29(15-17-30)19-24(32)36-27(5,6)7/h8-11,20H,12-19H2,1-7H3,(H,33,34). The van der Waals surface area contributed by atoms with Gasteiger partial charge in [-0.1, -0.05) is 12.1 Å². The zero-order chi connectivity index (χ0) is 27.1. The lowest BCUT2D eigenvalue weighted by molar-refractivity contribution is -0.158. The molecule has 1 heterocycles. The zero-order valence-electron chi connectivity index (χ0n) is 22.9. The molecule has 0 amide bonds. The van der Waals surface area contributed by atoms with E-state index >= 15 is 0 Å². The number of aromatic carboxylic acids is 1. The van der Waals surface area contributed by atoms with Gasteiger partial charge in [-0.15, -0.1) is 0 Å². The summed E-state index contributed by atoms with van der Waals surface area (Å²) >= 11 is 0. The topological polar surface area (TPSA) is 99.6 Å². The van der Waals surface area contributed by atoms with E-state index in [2.05, 4.69) is 21.6 Å². The Morgan fingerprint density at radius 2 is 1.17 bits per heavy atom. The summed E-state index contributed by atoms with van der Waals surface area (Å²) in [7, 11) is 0. The van der Waals surface area contributed by atoms with E-state index in [4.69, 9.17) is 9.47 Å². The molecule has 1 aromatic rings. The molecule has 1 unspecified atom stereocenters. The normalized spacial score (nSPS) is 18.0. The third kappa shape index (κ3) is 10.6. The van der Waals surface area contributed by atoms with Crippen LogP contribution in [0.5, 0.6) is 0 Å². The van der Waals surface area contributed by atoms with Crippen molar-refractivity contribution in [2.24, 2.45) is 0 Å². The van der Waals surface area contributed by atoms with E-state index < -0.39 is 17.2 Å². The van der Waals surface area contributed by atoms with Gasteiger partial charge in [0.15, 0.2) is 0 Å². The van der Waals surface area contributed by atoms with Crippen LogP contribution < -0.4 is 0 Å². The number of benzene rings is 1. The maximum Gasteiger partial charge on any atom is 0.335 e. The van der Waals surface area contributed by atoms with Crippen LogP contribution in [0.3, 0.4) is 0 Å². The molecule has 0 saturated carbocycles. The van der Waals surface area contributed by atoms with Crippen LogP contribution in [0, 0.1) is 0 Å². The van der Waals surface area contributed by atoms with Crippen LogP contribution in [0.4, 0.5) is 0 Å². The minimum absolute atomic E-state index is 0.0256. The SMILES string of the molecule is CC(c1ccc(C(=O)O)cc1)N1CCN(CC(=O)OC(C)(C)C)CCN(CC(=O)OC(C)(C)C)CC1. The van der Waals surface area contributed by atoms with Crippen molar-refractivity contribution in [3.63, 3.8) is 0 Å². The summed E-state index contributed by atoms with van der Waals surface area (Å²) < 4.78 is 11.1. The van der Waals surface area contributed by atoms with Gasteiger partial charge in [-0.25, -0.2) is 4.79 Å². The number of hydrogen-bond acceptors (Lipinski definition) is 8. The van der Waals surface area contributed by atoms with Gasteiger partial charge in [-0.3, -0.25) is 24.3 Å². The Morgan fingerprint density at radius 1 is 0.778 bits per heavy atom. The van der Waals surface area contributed by atoms with Crippen LogP contribution in [-0.2, 0) is 19.1 Å². The summed E-state index contributed by atoms with van der Waals surface area (Å²) in [5, 5.41) is 9.21. The van der Waals surface area contributed by atoms with Crippen molar-refractivity contribution in [3.05, 3.63) is 35.4 Å². The van der Waals surface area contributed by atoms with Crippen molar-refractivity contribution >= 4 is 17.9 Å². The smallest absolute Gasteiger partial charge is 0.335 e. The van der Waals surface area contributed by atoms with Crippen molar-refractivity contribution in [3.8, 4) is 0 Å². The summed E-state index contributed by atoms with van der Waals surface area (Å²) in [6.45, 7) is 17.5. The molecule has 0 spiro atoms. The number of hydrogen-bond donors (Lipinski definition) is 1. The minimum Gasteiger partial charge on any atom is -0.478 e. The first-order valence-corrected chi connectivity index (χ1v) is 12.6. The molecule has 0 aliphatic carbocycles. The van der Waals surface area contributed by atoms with Crippen molar-refractivity contribution in [2.45, 2.75) is 65.7 Å². The maximum absolute atomic E-state index is 12.5. The highest BCUT2D eigenvalue weighted by atomic mass is 16.6. The minimum atomic E-state index is -0.951. The van der Waals surface area contributed by atoms with Crippen LogP contribution in [0.2, 0.25) is 0 Å². The van der Waals surface area contributed by atoms with Gasteiger partial charge in [0.2, 0.25) is 0 Å². The molecule has 0 aromatic heterocycles. The lowest BCUT2D eigenvalue weighted by Crippen LogP contribution is -2.42. The molecule has 9 heteroatoms. The number of carboxylic acids is 1. The number of carboxylic acid groups (broad SMARTS) is 1. The number of ether oxygens (including phenoxy) is 2. The third-order valence-corrected chi connectivity index (χ3v) is 5.87. The summed E-state index contributed by atoms with van der Waals surface area (Å²) in [5.74, 6) is -1.50. The van der Waals surface area contributed by atoms with Gasteiger partial charge in [-0.2, -0.15) is 0 Å². The molecule has 1 saturated heterocycles. The quantitative estimate of drug-likeness (QED) is 0.561. The average molecular weight is 506 g/mol. The molecule has 1 aromatic carbocycles. The van der Waals surface area contributed by atoms with E-state index in [0.717, 1.165) is 5.56 Å². The summed E-state index contributed by atoms with van der Waals surface area (Å²) in [6, 6.07) is 6.95. The molecular formula is C27H43N3O6. The first-order chi connectivity index (χ1) is 16.6. The van der Waals surface area contributed by atoms with E-state index in [-0.39, 0.29) is 36.6 Å². The van der Waals surface area contributed by atoms with Gasteiger partial charge in [0, 0.05) is 45.3 Å². The van der Waals surface area contributed by atoms with Crippen LogP contribution in [0.1, 0.15) is 70.4 Å². The molecule has 1 fully saturated rings. The summed E-state index contributed by atoms with van der Waals surface area (Å²) in [5.41, 5.74) is 0.156. The fourth-order valence-electron chi connectivity index (χ4n) is 4.09. The van der Waals surface area contributed by atoms with Crippen LogP contribution in [0.25, 0.3) is 0 Å². The number of rotatable bonds is 7. The third-order valence-electron chi connectivity index (χ3n) is 5.87. The summed E-state index contributed by atoms with van der Waals surface area (Å²) in [6.07, 6.45) is 0. The largest absolute Gasteiger partial charge is 0.478 e. The number of carbonyl (C=O) groups excluding carboxylic acids is 2. The lowest BCUT2D eigenvalue weighted by Gasteiger charge is -2.31. The van der Waals surface area contributed by atoms with Gasteiger partial charge < -0.3 is 14.6 Å². The molecular weight excluding hydrogens is 462 g/mol. The predicted octanol–water partition coefficient (Wildman–Crippen LogP) is 3.05. The lowest BCUT2D eigenvalue weighted by atomic mass is 10.0. The van der Waals surface area contributed by atoms with E-state index in [1.807, 2.05) is 53.7 Å². The fourth-order valence-corrected chi connectivity index (χ4v) is 4.09. The second-order valence-corrected chi connectivity index (χ2v) is 11.4. The molecule has 1 atom stereocenters. The van der Waals surface area contributed by atoms with Crippen molar-refractivity contribution in [2.75, 3.05) is 52.4 Å². The van der Waals surface area contributed by atoms with Crippen LogP contribution >= 0.6 is 0 Å². The first kappa shape index (κ1) is 29.7. The van der Waals surface area contributed by atoms with E-state index in [9.17, 15) is 19.5 Å². The van der Waals surface area contributed by atoms with Crippen molar-refractivity contribution < 1.29 is 29.0 Å². The number of nitrogens with zero attached hydrogens (tertiary/aromatic N) is 3. The number of carbonyl (C=O) groups is 3. The number of esters is 2. The van der Waals surface area contributed by atoms with Crippen LogP contribution in [0.15, 0.2) is 24.3 Å². The summed E-state index contributed by atoms with van der Waals surface area (Å²) in [4.78, 5) is 42.7. The molecule has 2 rings (SSSR count). The van der Waals surface area contributed by atoms with E-state index in [1.54, 1.807) is 12.1 Å². The van der Waals surface area contributed by atoms with Gasteiger partial charge in [-0.05, 0) is 66.2 Å². The van der Waals surface area contributed by atoms with Gasteiger partial charge in [0.1, 0.15) is 11.2 Å². The van der Waals surface area contributed by atoms with Crippen molar-refractivity contribution in [1.29, 1.82) is 0 Å². The highest BCUT2D eigenvalue weighted by Gasteiger charge is 2.26. The first-order valence-electron chi connectivity index (χ1n) is 12.6. The molecule has 0 bridgehead atoms. The van der Waals surface area contributed by atoms with Crippen molar-refractivity contribution in [1.82, 2.24) is 14.7 Å². The van der Waals surface area contributed by atoms with Gasteiger partial charge >= 0.3 is 17.9 Å². The molecule has 0 radical (unpaired) electrons. The zero-order valence-corrected chi connectivity index (χ0v) is 22.9. The highest BCUT2D eigenvalue weighted by molar-refractivity contribution is 5.87. The second-order valence-electron chi connectivity index (χ2n) is 11.4. The Hall–Kier alpha value is -2.49. The second kappa shape index (κ2) is 12.7. The molecule has 9 nitrogen and oxygen atoms in total. The predicted molar refractivity (Wildman–Crippen MR) is 138 cm³/mol. The molecule has 1 aliphatic rings. The molecule has 1 N–H and O–H groups in total. The Morgan fingerprint density at radius 3 is 1.53 bits per heavy atom. The average Bonchev–Trinajstić information content (AvgIpc) is 2.82. The van der Waals surface area contributed by atoms with Gasteiger partial charge in [0.05, 0.1) is 18.7 Å². The Labute approximate surface area is 215 Å². The molecule has 36 heavy (non-hydrogen) atoms. The monoisotopic (exact) mass is 505 g/mol. The highest BCUT2D eigenvalue weighted by Crippen LogP contribution is 2.21. The Kier molecular flexibility index (Phi) is 10.5. The fraction of sp³-hybridized carbons (Fsp3) is 0.667. The van der Waals surface area contributed by atoms with E-state index in [0.29, 0.717) is 39.3 Å². The van der Waals surface area contributed by atoms with Gasteiger partial charge in [0.25, 0.3) is 0 Å².